The number of thiazole rings is 1. The number of amides is 1. The summed E-state index contributed by atoms with van der Waals surface area (Å²) in [7, 11) is 0. The molecule has 0 bridgehead atoms. The van der Waals surface area contributed by atoms with E-state index in [-0.39, 0.29) is 18.7 Å². The molecule has 34 heavy (non-hydrogen) atoms. The van der Waals surface area contributed by atoms with Crippen molar-refractivity contribution in [3.8, 4) is 11.5 Å². The van der Waals surface area contributed by atoms with E-state index in [0.717, 1.165) is 47.7 Å². The molecule has 1 aliphatic carbocycles. The van der Waals surface area contributed by atoms with Gasteiger partial charge in [0.1, 0.15) is 0 Å². The maximum Gasteiger partial charge on any atom is 0.236 e. The summed E-state index contributed by atoms with van der Waals surface area (Å²) in [5.41, 5.74) is 1.57. The van der Waals surface area contributed by atoms with Gasteiger partial charge in [-0.05, 0) is 48.2 Å². The molecule has 2 aliphatic heterocycles. The lowest BCUT2D eigenvalue weighted by molar-refractivity contribution is -0.118. The second-order valence-electron chi connectivity index (χ2n) is 8.77. The summed E-state index contributed by atoms with van der Waals surface area (Å²) >= 11 is 7.65. The van der Waals surface area contributed by atoms with Crippen LogP contribution in [0.15, 0.2) is 48.7 Å². The molecule has 176 valence electrons. The van der Waals surface area contributed by atoms with Crippen LogP contribution in [0, 0.1) is 0 Å². The van der Waals surface area contributed by atoms with E-state index < -0.39 is 5.41 Å². The highest BCUT2D eigenvalue weighted by Crippen LogP contribution is 2.51. The van der Waals surface area contributed by atoms with Crippen molar-refractivity contribution in [3.05, 3.63) is 69.7 Å². The van der Waals surface area contributed by atoms with Gasteiger partial charge in [-0.2, -0.15) is 0 Å². The van der Waals surface area contributed by atoms with Gasteiger partial charge >= 0.3 is 0 Å². The fourth-order valence-electron chi connectivity index (χ4n) is 4.69. The van der Waals surface area contributed by atoms with E-state index in [0.29, 0.717) is 29.1 Å². The summed E-state index contributed by atoms with van der Waals surface area (Å²) in [5, 5.41) is 4.40. The van der Waals surface area contributed by atoms with Crippen LogP contribution in [-0.4, -0.2) is 48.9 Å². The molecule has 9 heteroatoms. The Labute approximate surface area is 206 Å². The van der Waals surface area contributed by atoms with Crippen LogP contribution in [0.5, 0.6) is 11.5 Å². The first-order chi connectivity index (χ1) is 16.6. The quantitative estimate of drug-likeness (QED) is 0.536. The number of halogens is 1. The molecule has 6 rings (SSSR count). The second kappa shape index (κ2) is 8.85. The molecule has 7 nitrogen and oxygen atoms in total. The second-order valence-corrected chi connectivity index (χ2v) is 10.3. The van der Waals surface area contributed by atoms with Crippen LogP contribution >= 0.6 is 22.9 Å². The van der Waals surface area contributed by atoms with E-state index in [2.05, 4.69) is 27.3 Å². The van der Waals surface area contributed by atoms with Crippen LogP contribution in [0.4, 0.5) is 5.13 Å². The minimum Gasteiger partial charge on any atom is -0.454 e. The summed E-state index contributed by atoms with van der Waals surface area (Å²) in [4.78, 5) is 21.4. The van der Waals surface area contributed by atoms with Crippen molar-refractivity contribution >= 4 is 34.0 Å². The molecule has 1 saturated carbocycles. The first-order valence-corrected chi connectivity index (χ1v) is 12.6. The Bertz CT molecular complexity index is 1210. The van der Waals surface area contributed by atoms with Gasteiger partial charge in [0.2, 0.25) is 12.7 Å². The number of benzene rings is 2. The number of anilines is 1. The van der Waals surface area contributed by atoms with Crippen LogP contribution in [0.2, 0.25) is 5.02 Å². The van der Waals surface area contributed by atoms with E-state index in [4.69, 9.17) is 25.8 Å². The van der Waals surface area contributed by atoms with Crippen molar-refractivity contribution in [2.75, 3.05) is 38.4 Å². The van der Waals surface area contributed by atoms with Gasteiger partial charge in [0, 0.05) is 29.2 Å². The van der Waals surface area contributed by atoms with Crippen LogP contribution < -0.4 is 14.8 Å². The molecular weight excluding hydrogens is 474 g/mol. The van der Waals surface area contributed by atoms with Gasteiger partial charge in [0.25, 0.3) is 0 Å². The smallest absolute Gasteiger partial charge is 0.236 e. The number of carbonyl (C=O) groups is 1. The molecular formula is C25H24ClN3O4S. The summed E-state index contributed by atoms with van der Waals surface area (Å²) in [5.74, 6) is 1.40. The molecule has 1 N–H and O–H groups in total. The van der Waals surface area contributed by atoms with Gasteiger partial charge in [-0.15, -0.1) is 0 Å². The number of nitrogens with one attached hydrogen (secondary N) is 1. The third-order valence-corrected chi connectivity index (χ3v) is 7.94. The minimum atomic E-state index is -0.535. The predicted molar refractivity (Wildman–Crippen MR) is 130 cm³/mol. The highest BCUT2D eigenvalue weighted by Gasteiger charge is 2.52. The molecule has 2 fully saturated rings. The zero-order valence-corrected chi connectivity index (χ0v) is 20.0. The largest absolute Gasteiger partial charge is 0.454 e. The first kappa shape index (κ1) is 21.9. The lowest BCUT2D eigenvalue weighted by atomic mass is 9.94. The first-order valence-electron chi connectivity index (χ1n) is 11.4. The molecule has 0 radical (unpaired) electrons. The van der Waals surface area contributed by atoms with Crippen molar-refractivity contribution in [2.45, 2.75) is 24.3 Å². The van der Waals surface area contributed by atoms with E-state index in [1.807, 2.05) is 36.5 Å². The number of nitrogens with zero attached hydrogens (tertiary/aromatic N) is 2. The Morgan fingerprint density at radius 2 is 1.85 bits per heavy atom. The molecule has 1 atom stereocenters. The fraction of sp³-hybridized carbons (Fsp3) is 0.360. The number of hydrogen-bond acceptors (Lipinski definition) is 7. The molecule has 1 saturated heterocycles. The van der Waals surface area contributed by atoms with E-state index in [1.54, 1.807) is 0 Å². The SMILES string of the molecule is O=C(Nc1ncc(C(c2ccc(Cl)cc2)N2CCOCC2)s1)C1(c2ccc3c(c2)OCO3)CC1. The van der Waals surface area contributed by atoms with Crippen molar-refractivity contribution < 1.29 is 19.0 Å². The molecule has 3 aliphatic rings. The summed E-state index contributed by atoms with van der Waals surface area (Å²) < 4.78 is 16.5. The van der Waals surface area contributed by atoms with E-state index >= 15 is 0 Å². The molecule has 1 aromatic heterocycles. The van der Waals surface area contributed by atoms with Gasteiger partial charge < -0.3 is 19.5 Å². The third kappa shape index (κ3) is 4.05. The number of rotatable bonds is 6. The van der Waals surface area contributed by atoms with Crippen LogP contribution in [0.25, 0.3) is 0 Å². The van der Waals surface area contributed by atoms with Gasteiger partial charge in [-0.3, -0.25) is 9.69 Å². The van der Waals surface area contributed by atoms with Crippen molar-refractivity contribution in [1.82, 2.24) is 9.88 Å². The predicted octanol–water partition coefficient (Wildman–Crippen LogP) is 4.62. The highest BCUT2D eigenvalue weighted by molar-refractivity contribution is 7.15. The standard InChI is InChI=1S/C25H24ClN3O4S/c26-18-4-1-16(2-5-18)22(29-9-11-31-12-10-29)21-14-27-24(34-21)28-23(30)25(7-8-25)17-3-6-19-20(13-17)33-15-32-19/h1-6,13-14,22H,7-12,15H2,(H,27,28,30). The average molecular weight is 498 g/mol. The molecule has 3 aromatic rings. The Morgan fingerprint density at radius 3 is 2.62 bits per heavy atom. The number of ether oxygens (including phenoxy) is 3. The molecule has 1 amide bonds. The van der Waals surface area contributed by atoms with Gasteiger partial charge in [-0.25, -0.2) is 4.98 Å². The van der Waals surface area contributed by atoms with E-state index in [1.165, 1.54) is 11.3 Å². The zero-order valence-electron chi connectivity index (χ0n) is 18.5. The van der Waals surface area contributed by atoms with Gasteiger partial charge in [0.05, 0.1) is 24.7 Å². The van der Waals surface area contributed by atoms with Gasteiger partial charge in [0.15, 0.2) is 16.6 Å². The number of hydrogen-bond donors (Lipinski definition) is 1. The maximum atomic E-state index is 13.3. The lowest BCUT2D eigenvalue weighted by Crippen LogP contribution is -2.39. The number of aromatic nitrogens is 1. The third-order valence-electron chi connectivity index (χ3n) is 6.72. The summed E-state index contributed by atoms with van der Waals surface area (Å²) in [6, 6.07) is 13.7. The topological polar surface area (TPSA) is 72.9 Å². The van der Waals surface area contributed by atoms with Crippen LogP contribution in [0.1, 0.15) is 34.9 Å². The molecule has 1 unspecified atom stereocenters. The highest BCUT2D eigenvalue weighted by atomic mass is 35.5. The Balaban J connectivity index is 1.23. The zero-order chi connectivity index (χ0) is 23.1. The lowest BCUT2D eigenvalue weighted by Gasteiger charge is -2.34. The van der Waals surface area contributed by atoms with Crippen LogP contribution in [0.3, 0.4) is 0 Å². The van der Waals surface area contributed by atoms with E-state index in [9.17, 15) is 4.79 Å². The van der Waals surface area contributed by atoms with Crippen molar-refractivity contribution in [2.24, 2.45) is 0 Å². The number of morpholine rings is 1. The Hall–Kier alpha value is -2.65. The van der Waals surface area contributed by atoms with Crippen molar-refractivity contribution in [3.63, 3.8) is 0 Å². The minimum absolute atomic E-state index is 0.0262. The number of carbonyl (C=O) groups excluding carboxylic acids is 1. The molecule has 0 spiro atoms. The fourth-order valence-corrected chi connectivity index (χ4v) is 5.79. The summed E-state index contributed by atoms with van der Waals surface area (Å²) in [6.45, 7) is 3.28. The van der Waals surface area contributed by atoms with Gasteiger partial charge in [-0.1, -0.05) is 41.1 Å². The Morgan fingerprint density at radius 1 is 1.09 bits per heavy atom. The normalized spacial score (nSPS) is 19.6. The maximum absolute atomic E-state index is 13.3. The molecule has 3 heterocycles. The average Bonchev–Trinajstić information content (AvgIpc) is 3.33. The number of fused-ring (bicyclic) bond motifs is 1. The Kier molecular flexibility index (Phi) is 5.69. The monoisotopic (exact) mass is 497 g/mol. The van der Waals surface area contributed by atoms with Crippen LogP contribution in [-0.2, 0) is 14.9 Å². The molecule has 2 aromatic carbocycles. The summed E-state index contributed by atoms with van der Waals surface area (Å²) in [6.07, 6.45) is 3.48. The van der Waals surface area contributed by atoms with Crippen molar-refractivity contribution in [1.29, 1.82) is 0 Å².